The van der Waals surface area contributed by atoms with Crippen LogP contribution in [0.3, 0.4) is 0 Å². The molecule has 1 aromatic heterocycles. The van der Waals surface area contributed by atoms with Crippen LogP contribution in [-0.4, -0.2) is 32.9 Å². The second kappa shape index (κ2) is 7.11. The van der Waals surface area contributed by atoms with Gasteiger partial charge in [0.05, 0.1) is 29.6 Å². The van der Waals surface area contributed by atoms with E-state index < -0.39 is 17.8 Å². The molecule has 0 saturated heterocycles. The highest BCUT2D eigenvalue weighted by molar-refractivity contribution is 5.85. The standard InChI is InChI=1S/C14H14N4O4/c19-12(5-6-14(21)22)17-18-13(20)7-9-8-15-10-3-1-2-4-11(10)16-9/h1-4,8H,5-7H2,(H,17,19)(H,18,20)(H,21,22). The zero-order chi connectivity index (χ0) is 15.9. The maximum Gasteiger partial charge on any atom is 0.303 e. The molecule has 8 heteroatoms. The van der Waals surface area contributed by atoms with Crippen LogP contribution in [0.25, 0.3) is 11.0 Å². The van der Waals surface area contributed by atoms with Crippen LogP contribution in [0.2, 0.25) is 0 Å². The molecule has 2 rings (SSSR count). The van der Waals surface area contributed by atoms with E-state index in [9.17, 15) is 14.4 Å². The van der Waals surface area contributed by atoms with Crippen LogP contribution < -0.4 is 10.9 Å². The van der Waals surface area contributed by atoms with E-state index >= 15 is 0 Å². The Bertz CT molecular complexity index is 717. The van der Waals surface area contributed by atoms with Crippen molar-refractivity contribution >= 4 is 28.8 Å². The lowest BCUT2D eigenvalue weighted by molar-refractivity contribution is -0.139. The first-order valence-electron chi connectivity index (χ1n) is 6.55. The van der Waals surface area contributed by atoms with Crippen molar-refractivity contribution in [2.45, 2.75) is 19.3 Å². The van der Waals surface area contributed by atoms with Crippen LogP contribution in [0.15, 0.2) is 30.5 Å². The molecule has 0 radical (unpaired) electrons. The molecule has 1 heterocycles. The Morgan fingerprint density at radius 1 is 1.00 bits per heavy atom. The molecule has 0 atom stereocenters. The molecular formula is C14H14N4O4. The van der Waals surface area contributed by atoms with Gasteiger partial charge in [0, 0.05) is 12.6 Å². The zero-order valence-corrected chi connectivity index (χ0v) is 11.6. The van der Waals surface area contributed by atoms with Crippen LogP contribution in [0.1, 0.15) is 18.5 Å². The lowest BCUT2D eigenvalue weighted by Gasteiger charge is -2.06. The monoisotopic (exact) mass is 302 g/mol. The van der Waals surface area contributed by atoms with Gasteiger partial charge in [0.2, 0.25) is 11.8 Å². The minimum absolute atomic E-state index is 0.0446. The number of hydrogen-bond acceptors (Lipinski definition) is 5. The van der Waals surface area contributed by atoms with Crippen molar-refractivity contribution in [3.8, 4) is 0 Å². The molecular weight excluding hydrogens is 288 g/mol. The number of hydrazine groups is 1. The first-order chi connectivity index (χ1) is 10.5. The molecule has 0 saturated carbocycles. The Morgan fingerprint density at radius 2 is 1.68 bits per heavy atom. The highest BCUT2D eigenvalue weighted by atomic mass is 16.4. The minimum Gasteiger partial charge on any atom is -0.481 e. The van der Waals surface area contributed by atoms with Gasteiger partial charge in [-0.15, -0.1) is 0 Å². The van der Waals surface area contributed by atoms with Crippen molar-refractivity contribution in [3.63, 3.8) is 0 Å². The maximum absolute atomic E-state index is 11.7. The number of aliphatic carboxylic acids is 1. The maximum atomic E-state index is 11.7. The van der Waals surface area contributed by atoms with E-state index in [2.05, 4.69) is 20.8 Å². The van der Waals surface area contributed by atoms with E-state index in [1.54, 1.807) is 6.07 Å². The fraction of sp³-hybridized carbons (Fsp3) is 0.214. The first-order valence-corrected chi connectivity index (χ1v) is 6.55. The van der Waals surface area contributed by atoms with E-state index in [4.69, 9.17) is 5.11 Å². The molecule has 0 fully saturated rings. The summed E-state index contributed by atoms with van der Waals surface area (Å²) in [5.74, 6) is -2.11. The summed E-state index contributed by atoms with van der Waals surface area (Å²) in [6.45, 7) is 0. The summed E-state index contributed by atoms with van der Waals surface area (Å²) in [5, 5.41) is 8.44. The normalized spacial score (nSPS) is 10.2. The van der Waals surface area contributed by atoms with Crippen LogP contribution in [0.5, 0.6) is 0 Å². The smallest absolute Gasteiger partial charge is 0.303 e. The Hall–Kier alpha value is -3.03. The molecule has 0 aliphatic heterocycles. The Labute approximate surface area is 125 Å². The predicted molar refractivity (Wildman–Crippen MR) is 76.4 cm³/mol. The molecule has 0 aliphatic rings. The number of nitrogens with one attached hydrogen (secondary N) is 2. The lowest BCUT2D eigenvalue weighted by Crippen LogP contribution is -2.42. The quantitative estimate of drug-likeness (QED) is 0.678. The number of carboxylic acid groups (broad SMARTS) is 1. The van der Waals surface area contributed by atoms with Crippen molar-refractivity contribution in [2.24, 2.45) is 0 Å². The lowest BCUT2D eigenvalue weighted by atomic mass is 10.2. The number of amides is 2. The summed E-state index contributed by atoms with van der Waals surface area (Å²) >= 11 is 0. The van der Waals surface area contributed by atoms with E-state index in [0.717, 1.165) is 5.52 Å². The van der Waals surface area contributed by atoms with E-state index in [1.807, 2.05) is 18.2 Å². The highest BCUT2D eigenvalue weighted by Crippen LogP contribution is 2.08. The number of nitrogens with zero attached hydrogens (tertiary/aromatic N) is 2. The molecule has 2 amide bonds. The number of carbonyl (C=O) groups excluding carboxylic acids is 2. The number of rotatable bonds is 5. The molecule has 22 heavy (non-hydrogen) atoms. The van der Waals surface area contributed by atoms with Crippen LogP contribution in [-0.2, 0) is 20.8 Å². The van der Waals surface area contributed by atoms with E-state index in [1.165, 1.54) is 6.20 Å². The van der Waals surface area contributed by atoms with Gasteiger partial charge in [-0.05, 0) is 12.1 Å². The average Bonchev–Trinajstić information content (AvgIpc) is 2.50. The molecule has 0 bridgehead atoms. The van der Waals surface area contributed by atoms with Crippen LogP contribution in [0, 0.1) is 0 Å². The Morgan fingerprint density at radius 3 is 2.41 bits per heavy atom. The average molecular weight is 302 g/mol. The van der Waals surface area contributed by atoms with E-state index in [0.29, 0.717) is 11.2 Å². The van der Waals surface area contributed by atoms with Gasteiger partial charge in [0.15, 0.2) is 0 Å². The van der Waals surface area contributed by atoms with Gasteiger partial charge in [0.1, 0.15) is 0 Å². The van der Waals surface area contributed by atoms with Crippen molar-refractivity contribution < 1.29 is 19.5 Å². The highest BCUT2D eigenvalue weighted by Gasteiger charge is 2.09. The number of aromatic nitrogens is 2. The molecule has 0 unspecified atom stereocenters. The largest absolute Gasteiger partial charge is 0.481 e. The van der Waals surface area contributed by atoms with Crippen LogP contribution >= 0.6 is 0 Å². The van der Waals surface area contributed by atoms with Gasteiger partial charge >= 0.3 is 5.97 Å². The van der Waals surface area contributed by atoms with Gasteiger partial charge in [-0.25, -0.2) is 4.98 Å². The second-order valence-electron chi connectivity index (χ2n) is 4.52. The third kappa shape index (κ3) is 4.51. The molecule has 3 N–H and O–H groups in total. The fourth-order valence-electron chi connectivity index (χ4n) is 1.71. The number of hydrogen-bond donors (Lipinski definition) is 3. The topological polar surface area (TPSA) is 121 Å². The SMILES string of the molecule is O=C(O)CCC(=O)NNC(=O)Cc1cnc2ccccc2n1. The fourth-order valence-corrected chi connectivity index (χ4v) is 1.71. The van der Waals surface area contributed by atoms with Gasteiger partial charge in [-0.3, -0.25) is 30.2 Å². The molecule has 2 aromatic rings. The summed E-state index contributed by atoms with van der Waals surface area (Å²) in [6.07, 6.45) is 0.953. The first kappa shape index (κ1) is 15.4. The molecule has 0 aliphatic carbocycles. The molecule has 114 valence electrons. The van der Waals surface area contributed by atoms with Crippen molar-refractivity contribution in [2.75, 3.05) is 0 Å². The third-order valence-corrected chi connectivity index (χ3v) is 2.75. The summed E-state index contributed by atoms with van der Waals surface area (Å²) in [5.41, 5.74) is 6.23. The Kier molecular flexibility index (Phi) is 4.97. The number of para-hydroxylation sites is 2. The minimum atomic E-state index is -1.08. The summed E-state index contributed by atoms with van der Waals surface area (Å²) in [6, 6.07) is 7.27. The van der Waals surface area contributed by atoms with Gasteiger partial charge < -0.3 is 5.11 Å². The number of carbonyl (C=O) groups is 3. The van der Waals surface area contributed by atoms with Gasteiger partial charge in [-0.1, -0.05) is 12.1 Å². The van der Waals surface area contributed by atoms with Crippen molar-refractivity contribution in [3.05, 3.63) is 36.2 Å². The van der Waals surface area contributed by atoms with Gasteiger partial charge in [0.25, 0.3) is 0 Å². The zero-order valence-electron chi connectivity index (χ0n) is 11.6. The molecule has 0 spiro atoms. The summed E-state index contributed by atoms with van der Waals surface area (Å²) in [4.78, 5) is 41.7. The molecule has 8 nitrogen and oxygen atoms in total. The van der Waals surface area contributed by atoms with Crippen molar-refractivity contribution in [1.29, 1.82) is 0 Å². The second-order valence-corrected chi connectivity index (χ2v) is 4.52. The number of carboxylic acids is 1. The Balaban J connectivity index is 1.85. The summed E-state index contributed by atoms with van der Waals surface area (Å²) < 4.78 is 0. The molecule has 1 aromatic carbocycles. The third-order valence-electron chi connectivity index (χ3n) is 2.75. The number of fused-ring (bicyclic) bond motifs is 1. The van der Waals surface area contributed by atoms with Gasteiger partial charge in [-0.2, -0.15) is 0 Å². The van der Waals surface area contributed by atoms with Crippen molar-refractivity contribution in [1.82, 2.24) is 20.8 Å². The predicted octanol–water partition coefficient (Wildman–Crippen LogP) is 0.185. The number of benzene rings is 1. The van der Waals surface area contributed by atoms with E-state index in [-0.39, 0.29) is 19.3 Å². The summed E-state index contributed by atoms with van der Waals surface area (Å²) in [7, 11) is 0. The van der Waals surface area contributed by atoms with Crippen LogP contribution in [0.4, 0.5) is 0 Å².